The predicted octanol–water partition coefficient (Wildman–Crippen LogP) is 2.89. The Hall–Kier alpha value is -2.14. The zero-order valence-electron chi connectivity index (χ0n) is 9.63. The Morgan fingerprint density at radius 3 is 2.50 bits per heavy atom. The molecule has 18 heavy (non-hydrogen) atoms. The maximum Gasteiger partial charge on any atom is 0.269 e. The Morgan fingerprint density at radius 2 is 1.94 bits per heavy atom. The number of benzene rings is 1. The van der Waals surface area contributed by atoms with E-state index in [1.54, 1.807) is 12.1 Å². The fraction of sp³-hybridized carbons (Fsp3) is 0.231. The summed E-state index contributed by atoms with van der Waals surface area (Å²) in [5.74, 6) is 1.67. The third-order valence-electron chi connectivity index (χ3n) is 3.16. The van der Waals surface area contributed by atoms with Crippen molar-refractivity contribution in [3.05, 3.63) is 52.3 Å². The van der Waals surface area contributed by atoms with Crippen molar-refractivity contribution in [2.24, 2.45) is 0 Å². The Balaban J connectivity index is 1.85. The highest BCUT2D eigenvalue weighted by atomic mass is 16.6. The van der Waals surface area contributed by atoms with Crippen LogP contribution in [0.15, 0.2) is 40.8 Å². The summed E-state index contributed by atoms with van der Waals surface area (Å²) in [7, 11) is 0. The lowest BCUT2D eigenvalue weighted by Gasteiger charge is -2.25. The Labute approximate surface area is 104 Å². The monoisotopic (exact) mass is 244 g/mol. The second-order valence-corrected chi connectivity index (χ2v) is 4.30. The molecule has 1 aromatic carbocycles. The Bertz CT molecular complexity index is 570. The van der Waals surface area contributed by atoms with Gasteiger partial charge < -0.3 is 9.73 Å². The van der Waals surface area contributed by atoms with Gasteiger partial charge in [-0.3, -0.25) is 10.1 Å². The normalized spacial score (nSPS) is 18.3. The summed E-state index contributed by atoms with van der Waals surface area (Å²) in [6, 6.07) is 10.5. The Kier molecular flexibility index (Phi) is 2.60. The lowest BCUT2D eigenvalue weighted by atomic mass is 10.1. The molecule has 92 valence electrons. The predicted molar refractivity (Wildman–Crippen MR) is 66.2 cm³/mol. The van der Waals surface area contributed by atoms with E-state index >= 15 is 0 Å². The second kappa shape index (κ2) is 4.27. The molecule has 1 saturated heterocycles. The number of hydrogen-bond acceptors (Lipinski definition) is 4. The van der Waals surface area contributed by atoms with Crippen LogP contribution < -0.4 is 5.32 Å². The zero-order valence-corrected chi connectivity index (χ0v) is 9.63. The van der Waals surface area contributed by atoms with E-state index in [9.17, 15) is 10.1 Å². The first-order valence-electron chi connectivity index (χ1n) is 5.82. The molecule has 5 heteroatoms. The van der Waals surface area contributed by atoms with E-state index in [1.807, 2.05) is 12.1 Å². The lowest BCUT2D eigenvalue weighted by molar-refractivity contribution is -0.384. The van der Waals surface area contributed by atoms with Crippen LogP contribution >= 0.6 is 0 Å². The summed E-state index contributed by atoms with van der Waals surface area (Å²) < 4.78 is 5.74. The van der Waals surface area contributed by atoms with Gasteiger partial charge in [0.25, 0.3) is 5.69 Å². The van der Waals surface area contributed by atoms with Crippen molar-refractivity contribution >= 4 is 5.69 Å². The summed E-state index contributed by atoms with van der Waals surface area (Å²) in [6.45, 7) is 1.03. The molecule has 0 amide bonds. The smallest absolute Gasteiger partial charge is 0.269 e. The van der Waals surface area contributed by atoms with Crippen molar-refractivity contribution in [1.82, 2.24) is 5.32 Å². The van der Waals surface area contributed by atoms with Crippen LogP contribution in [0.25, 0.3) is 11.3 Å². The van der Waals surface area contributed by atoms with E-state index < -0.39 is 4.92 Å². The molecule has 1 aromatic heterocycles. The summed E-state index contributed by atoms with van der Waals surface area (Å²) in [5.41, 5.74) is 0.942. The molecule has 1 aliphatic heterocycles. The highest BCUT2D eigenvalue weighted by molar-refractivity contribution is 5.59. The molecule has 0 unspecified atom stereocenters. The average molecular weight is 244 g/mol. The van der Waals surface area contributed by atoms with Crippen LogP contribution in [0.4, 0.5) is 5.69 Å². The third kappa shape index (κ3) is 1.89. The van der Waals surface area contributed by atoms with Gasteiger partial charge >= 0.3 is 0 Å². The highest BCUT2D eigenvalue weighted by Gasteiger charge is 2.22. The molecule has 0 bridgehead atoms. The molecule has 1 fully saturated rings. The van der Waals surface area contributed by atoms with Crippen molar-refractivity contribution in [2.75, 3.05) is 6.54 Å². The number of nitrogens with one attached hydrogen (secondary N) is 1. The summed E-state index contributed by atoms with van der Waals surface area (Å²) in [6.07, 6.45) is 1.09. The summed E-state index contributed by atoms with van der Waals surface area (Å²) in [4.78, 5) is 10.2. The summed E-state index contributed by atoms with van der Waals surface area (Å²) in [5, 5.41) is 13.8. The van der Waals surface area contributed by atoms with Crippen LogP contribution in [-0.4, -0.2) is 11.5 Å². The Morgan fingerprint density at radius 1 is 1.22 bits per heavy atom. The van der Waals surface area contributed by atoms with Crippen LogP contribution in [0.5, 0.6) is 0 Å². The maximum absolute atomic E-state index is 10.6. The van der Waals surface area contributed by atoms with Gasteiger partial charge in [0.05, 0.1) is 11.0 Å². The van der Waals surface area contributed by atoms with Crippen LogP contribution in [0.1, 0.15) is 18.2 Å². The van der Waals surface area contributed by atoms with Gasteiger partial charge in [-0.2, -0.15) is 0 Å². The molecule has 0 aliphatic carbocycles. The van der Waals surface area contributed by atoms with Gasteiger partial charge in [-0.15, -0.1) is 0 Å². The molecule has 5 nitrogen and oxygen atoms in total. The van der Waals surface area contributed by atoms with Crippen LogP contribution in [0, 0.1) is 10.1 Å². The minimum absolute atomic E-state index is 0.0891. The van der Waals surface area contributed by atoms with E-state index in [0.29, 0.717) is 6.04 Å². The topological polar surface area (TPSA) is 68.3 Å². The summed E-state index contributed by atoms with van der Waals surface area (Å²) >= 11 is 0. The SMILES string of the molecule is O=[N+]([O-])c1ccc(-c2ccc([C@@H]3CCN3)o2)cc1. The first kappa shape index (κ1) is 11.0. The van der Waals surface area contributed by atoms with Gasteiger partial charge in [-0.25, -0.2) is 0 Å². The largest absolute Gasteiger partial charge is 0.459 e. The minimum Gasteiger partial charge on any atom is -0.459 e. The van der Waals surface area contributed by atoms with E-state index in [2.05, 4.69) is 5.32 Å². The van der Waals surface area contributed by atoms with Gasteiger partial charge in [0.1, 0.15) is 11.5 Å². The average Bonchev–Trinajstić information content (AvgIpc) is 2.76. The highest BCUT2D eigenvalue weighted by Crippen LogP contribution is 2.30. The standard InChI is InChI=1S/C13H12N2O3/c16-15(17)10-3-1-9(2-4-10)12-5-6-13(18-12)11-7-8-14-11/h1-6,11,14H,7-8H2/t11-/m0/s1. The molecular formula is C13H12N2O3. The van der Waals surface area contributed by atoms with Crippen molar-refractivity contribution in [1.29, 1.82) is 0 Å². The van der Waals surface area contributed by atoms with Crippen molar-refractivity contribution in [2.45, 2.75) is 12.5 Å². The maximum atomic E-state index is 10.6. The molecule has 0 saturated carbocycles. The molecule has 1 atom stereocenters. The molecule has 2 aromatic rings. The van der Waals surface area contributed by atoms with E-state index in [-0.39, 0.29) is 5.69 Å². The molecule has 1 N–H and O–H groups in total. The number of nitrogens with zero attached hydrogens (tertiary/aromatic N) is 1. The first-order valence-corrected chi connectivity index (χ1v) is 5.82. The van der Waals surface area contributed by atoms with Crippen LogP contribution in [0.2, 0.25) is 0 Å². The second-order valence-electron chi connectivity index (χ2n) is 4.30. The van der Waals surface area contributed by atoms with E-state index in [0.717, 1.165) is 30.0 Å². The lowest BCUT2D eigenvalue weighted by Crippen LogP contribution is -2.34. The van der Waals surface area contributed by atoms with Gasteiger partial charge in [0.2, 0.25) is 0 Å². The third-order valence-corrected chi connectivity index (χ3v) is 3.16. The molecule has 3 rings (SSSR count). The molecule has 2 heterocycles. The van der Waals surface area contributed by atoms with Crippen molar-refractivity contribution < 1.29 is 9.34 Å². The first-order chi connectivity index (χ1) is 8.74. The molecule has 1 aliphatic rings. The number of non-ortho nitro benzene ring substituents is 1. The van der Waals surface area contributed by atoms with Gasteiger partial charge in [0, 0.05) is 17.7 Å². The molecular weight excluding hydrogens is 232 g/mol. The fourth-order valence-electron chi connectivity index (χ4n) is 1.97. The van der Waals surface area contributed by atoms with Crippen molar-refractivity contribution in [3.63, 3.8) is 0 Å². The number of nitro benzene ring substituents is 1. The van der Waals surface area contributed by atoms with Gasteiger partial charge in [-0.1, -0.05) is 0 Å². The van der Waals surface area contributed by atoms with Crippen LogP contribution in [-0.2, 0) is 0 Å². The fourth-order valence-corrected chi connectivity index (χ4v) is 1.97. The van der Waals surface area contributed by atoms with Gasteiger partial charge in [-0.05, 0) is 37.2 Å². The van der Waals surface area contributed by atoms with Gasteiger partial charge in [0.15, 0.2) is 0 Å². The molecule has 0 radical (unpaired) electrons. The quantitative estimate of drug-likeness (QED) is 0.665. The number of rotatable bonds is 3. The van der Waals surface area contributed by atoms with E-state index in [4.69, 9.17) is 4.42 Å². The minimum atomic E-state index is -0.407. The number of hydrogen-bond donors (Lipinski definition) is 1. The van der Waals surface area contributed by atoms with E-state index in [1.165, 1.54) is 12.1 Å². The van der Waals surface area contributed by atoms with Crippen molar-refractivity contribution in [3.8, 4) is 11.3 Å². The zero-order chi connectivity index (χ0) is 12.5. The number of furan rings is 1. The van der Waals surface area contributed by atoms with Crippen LogP contribution in [0.3, 0.4) is 0 Å². The molecule has 0 spiro atoms. The number of nitro groups is 1.